The van der Waals surface area contributed by atoms with Gasteiger partial charge in [0.1, 0.15) is 0 Å². The molecule has 0 aromatic carbocycles. The zero-order valence-corrected chi connectivity index (χ0v) is 31.8. The summed E-state index contributed by atoms with van der Waals surface area (Å²) in [6, 6.07) is 2.46. The van der Waals surface area contributed by atoms with E-state index in [4.69, 9.17) is 9.47 Å². The average Bonchev–Trinajstić information content (AvgIpc) is 3.03. The number of hydrogen-bond acceptors (Lipinski definition) is 3. The van der Waals surface area contributed by atoms with Crippen molar-refractivity contribution in [1.29, 1.82) is 0 Å². The molecule has 4 aliphatic rings. The van der Waals surface area contributed by atoms with Gasteiger partial charge in [-0.05, 0) is 132 Å². The zero-order chi connectivity index (χ0) is 33.1. The van der Waals surface area contributed by atoms with Crippen LogP contribution in [-0.4, -0.2) is 49.0 Å². The standard InChI is InChI=1S/C43H77NO2/c1-9-11-37-29-42(45-8)38(30-43(37)46-27-26-32(4)13-10-12-31(2)3)20-17-36-18-23-40(24-19-36)44(39-21-14-33(5)15-22-39)41-25-16-34(6)28-35(41)7/h9,11,17,20,31-43H,10,12-16,18-19,21-30H2,1-8H3. The number of ether oxygens (including phenoxy) is 2. The van der Waals surface area contributed by atoms with Crippen molar-refractivity contribution < 1.29 is 9.47 Å². The Morgan fingerprint density at radius 3 is 1.93 bits per heavy atom. The van der Waals surface area contributed by atoms with Gasteiger partial charge in [0.25, 0.3) is 0 Å². The van der Waals surface area contributed by atoms with Crippen LogP contribution in [0, 0.1) is 47.3 Å². The van der Waals surface area contributed by atoms with Crippen molar-refractivity contribution in [3.05, 3.63) is 24.3 Å². The Bertz CT molecular complexity index is 881. The second-order valence-corrected chi connectivity index (χ2v) is 17.5. The second kappa shape index (κ2) is 19.5. The summed E-state index contributed by atoms with van der Waals surface area (Å²) in [6.07, 6.45) is 33.3. The molecule has 266 valence electrons. The van der Waals surface area contributed by atoms with E-state index in [0.29, 0.717) is 24.0 Å². The Hall–Kier alpha value is -0.640. The van der Waals surface area contributed by atoms with Gasteiger partial charge >= 0.3 is 0 Å². The Kier molecular flexibility index (Phi) is 16.2. The van der Waals surface area contributed by atoms with Crippen LogP contribution in [0.3, 0.4) is 0 Å². The van der Waals surface area contributed by atoms with E-state index in [0.717, 1.165) is 73.1 Å². The smallest absolute Gasteiger partial charge is 0.0645 e. The summed E-state index contributed by atoms with van der Waals surface area (Å²) in [4.78, 5) is 3.15. The van der Waals surface area contributed by atoms with Crippen LogP contribution in [0.2, 0.25) is 0 Å². The topological polar surface area (TPSA) is 21.7 Å². The molecule has 0 N–H and O–H groups in total. The van der Waals surface area contributed by atoms with E-state index in [2.05, 4.69) is 77.7 Å². The highest BCUT2D eigenvalue weighted by Crippen LogP contribution is 2.42. The fourth-order valence-electron chi connectivity index (χ4n) is 10.1. The first-order valence-electron chi connectivity index (χ1n) is 20.4. The van der Waals surface area contributed by atoms with Crippen LogP contribution < -0.4 is 0 Å². The third-order valence-electron chi connectivity index (χ3n) is 13.1. The number of methoxy groups -OCH3 is 1. The van der Waals surface area contributed by atoms with E-state index >= 15 is 0 Å². The molecule has 4 fully saturated rings. The van der Waals surface area contributed by atoms with Gasteiger partial charge in [-0.25, -0.2) is 0 Å². The normalized spacial score (nSPS) is 38.7. The molecule has 0 saturated heterocycles. The molecule has 4 saturated carbocycles. The molecule has 0 spiro atoms. The highest BCUT2D eigenvalue weighted by Gasteiger charge is 2.40. The van der Waals surface area contributed by atoms with Crippen molar-refractivity contribution in [1.82, 2.24) is 4.90 Å². The maximum atomic E-state index is 6.69. The van der Waals surface area contributed by atoms with Crippen molar-refractivity contribution in [3.63, 3.8) is 0 Å². The highest BCUT2D eigenvalue weighted by atomic mass is 16.5. The molecule has 0 heterocycles. The number of nitrogens with zero attached hydrogens (tertiary/aromatic N) is 1. The fraction of sp³-hybridized carbons (Fsp3) is 0.907. The summed E-state index contributed by atoms with van der Waals surface area (Å²) in [6.45, 7) is 17.7. The molecular formula is C43H77NO2. The molecule has 8 atom stereocenters. The molecule has 4 aliphatic carbocycles. The lowest BCUT2D eigenvalue weighted by molar-refractivity contribution is -0.0614. The van der Waals surface area contributed by atoms with E-state index in [-0.39, 0.29) is 0 Å². The highest BCUT2D eigenvalue weighted by molar-refractivity contribution is 5.05. The minimum atomic E-state index is 0.294. The minimum Gasteiger partial charge on any atom is -0.381 e. The largest absolute Gasteiger partial charge is 0.381 e. The molecule has 0 bridgehead atoms. The zero-order valence-electron chi connectivity index (χ0n) is 31.8. The molecule has 46 heavy (non-hydrogen) atoms. The maximum Gasteiger partial charge on any atom is 0.0645 e. The predicted molar refractivity (Wildman–Crippen MR) is 198 cm³/mol. The fourth-order valence-corrected chi connectivity index (χ4v) is 10.1. The van der Waals surface area contributed by atoms with Crippen LogP contribution in [0.5, 0.6) is 0 Å². The van der Waals surface area contributed by atoms with E-state index in [1.165, 1.54) is 96.3 Å². The van der Waals surface area contributed by atoms with Crippen molar-refractivity contribution >= 4 is 0 Å². The van der Waals surface area contributed by atoms with E-state index < -0.39 is 0 Å². The van der Waals surface area contributed by atoms with Crippen LogP contribution in [0.15, 0.2) is 24.3 Å². The summed E-state index contributed by atoms with van der Waals surface area (Å²) in [5, 5.41) is 0. The Labute approximate surface area is 287 Å². The lowest BCUT2D eigenvalue weighted by atomic mass is 9.74. The van der Waals surface area contributed by atoms with Gasteiger partial charge in [0.05, 0.1) is 12.2 Å². The Balaban J connectivity index is 1.32. The molecule has 0 aliphatic heterocycles. The van der Waals surface area contributed by atoms with E-state index in [1.54, 1.807) is 0 Å². The van der Waals surface area contributed by atoms with Crippen LogP contribution in [0.1, 0.15) is 158 Å². The molecule has 4 rings (SSSR count). The molecule has 0 aromatic rings. The quantitative estimate of drug-likeness (QED) is 0.166. The van der Waals surface area contributed by atoms with Gasteiger partial charge in [0.15, 0.2) is 0 Å². The van der Waals surface area contributed by atoms with Crippen molar-refractivity contribution in [2.45, 2.75) is 188 Å². The van der Waals surface area contributed by atoms with Crippen LogP contribution in [0.4, 0.5) is 0 Å². The first kappa shape index (κ1) is 38.2. The van der Waals surface area contributed by atoms with E-state index in [9.17, 15) is 0 Å². The SMILES string of the molecule is CC=CC1CC(OC)C(C=CC2CCC(N(C3CCC(C)CC3)C3CCC(C)CC3C)CC2)CC1OCCC(C)CCCC(C)C. The number of hydrogen-bond donors (Lipinski definition) is 0. The van der Waals surface area contributed by atoms with Crippen molar-refractivity contribution in [2.24, 2.45) is 47.3 Å². The predicted octanol–water partition coefficient (Wildman–Crippen LogP) is 11.7. The Morgan fingerprint density at radius 2 is 1.30 bits per heavy atom. The molecule has 0 radical (unpaired) electrons. The van der Waals surface area contributed by atoms with Gasteiger partial charge in [-0.15, -0.1) is 0 Å². The van der Waals surface area contributed by atoms with Gasteiger partial charge in [-0.2, -0.15) is 0 Å². The number of allylic oxidation sites excluding steroid dienone is 2. The average molecular weight is 640 g/mol. The molecular weight excluding hydrogens is 562 g/mol. The lowest BCUT2D eigenvalue weighted by Gasteiger charge is -2.51. The van der Waals surface area contributed by atoms with Gasteiger partial charge in [-0.3, -0.25) is 4.90 Å². The first-order valence-corrected chi connectivity index (χ1v) is 20.4. The van der Waals surface area contributed by atoms with E-state index in [1.807, 2.05) is 7.11 Å². The van der Waals surface area contributed by atoms with Gasteiger partial charge in [0.2, 0.25) is 0 Å². The van der Waals surface area contributed by atoms with Crippen LogP contribution in [0.25, 0.3) is 0 Å². The van der Waals surface area contributed by atoms with Crippen molar-refractivity contribution in [3.8, 4) is 0 Å². The summed E-state index contributed by atoms with van der Waals surface area (Å²) < 4.78 is 12.8. The molecule has 0 amide bonds. The minimum absolute atomic E-state index is 0.294. The molecule has 8 unspecified atom stereocenters. The van der Waals surface area contributed by atoms with Crippen LogP contribution in [-0.2, 0) is 9.47 Å². The monoisotopic (exact) mass is 640 g/mol. The molecule has 3 nitrogen and oxygen atoms in total. The second-order valence-electron chi connectivity index (χ2n) is 17.5. The summed E-state index contributed by atoms with van der Waals surface area (Å²) in [5.74, 6) is 5.92. The van der Waals surface area contributed by atoms with Gasteiger partial charge in [0, 0.05) is 43.7 Å². The summed E-state index contributed by atoms with van der Waals surface area (Å²) >= 11 is 0. The first-order chi connectivity index (χ1) is 22.2. The number of rotatable bonds is 15. The lowest BCUT2D eigenvalue weighted by Crippen LogP contribution is -2.55. The third kappa shape index (κ3) is 11.5. The van der Waals surface area contributed by atoms with Gasteiger partial charge < -0.3 is 9.47 Å². The maximum absolute atomic E-state index is 6.69. The summed E-state index contributed by atoms with van der Waals surface area (Å²) in [5.41, 5.74) is 0. The molecule has 0 aromatic heterocycles. The van der Waals surface area contributed by atoms with Crippen molar-refractivity contribution in [2.75, 3.05) is 13.7 Å². The summed E-state index contributed by atoms with van der Waals surface area (Å²) in [7, 11) is 1.93. The third-order valence-corrected chi connectivity index (χ3v) is 13.1. The van der Waals surface area contributed by atoms with Gasteiger partial charge in [-0.1, -0.05) is 85.1 Å². The Morgan fingerprint density at radius 1 is 0.674 bits per heavy atom. The molecule has 3 heteroatoms. The van der Waals surface area contributed by atoms with Crippen LogP contribution >= 0.6 is 0 Å².